The maximum Gasteiger partial charge on any atom is 0.191 e. The van der Waals surface area contributed by atoms with Gasteiger partial charge in [0.25, 0.3) is 0 Å². The molecule has 0 aromatic carbocycles. The van der Waals surface area contributed by atoms with Gasteiger partial charge in [0.2, 0.25) is 0 Å². The van der Waals surface area contributed by atoms with Crippen LogP contribution in [0.15, 0.2) is 15.6 Å². The molecule has 6 heteroatoms. The lowest BCUT2D eigenvalue weighted by molar-refractivity contribution is 0.265. The number of nitrogens with zero attached hydrogens (tertiary/aromatic N) is 3. The van der Waals surface area contributed by atoms with E-state index >= 15 is 0 Å². The third kappa shape index (κ3) is 5.21. The quantitative estimate of drug-likeness (QED) is 0.585. The second-order valence-electron chi connectivity index (χ2n) is 7.43. The Hall–Kier alpha value is -1.56. The van der Waals surface area contributed by atoms with Gasteiger partial charge in [0, 0.05) is 44.2 Å². The zero-order valence-electron chi connectivity index (χ0n) is 16.7. The fraction of sp³-hybridized carbons (Fsp3) is 0.789. The van der Waals surface area contributed by atoms with Gasteiger partial charge in [0.15, 0.2) is 11.7 Å². The molecular weight excluding hydrogens is 314 g/mol. The topological polar surface area (TPSA) is 65.7 Å². The summed E-state index contributed by atoms with van der Waals surface area (Å²) in [6, 6.07) is 3.07. The first-order valence-corrected chi connectivity index (χ1v) is 9.65. The van der Waals surface area contributed by atoms with Crippen LogP contribution in [0.3, 0.4) is 0 Å². The smallest absolute Gasteiger partial charge is 0.191 e. The van der Waals surface area contributed by atoms with Crippen molar-refractivity contribution in [2.45, 2.75) is 72.0 Å². The zero-order valence-corrected chi connectivity index (χ0v) is 16.7. The monoisotopic (exact) mass is 349 g/mol. The van der Waals surface area contributed by atoms with Gasteiger partial charge >= 0.3 is 0 Å². The maximum absolute atomic E-state index is 5.48. The van der Waals surface area contributed by atoms with E-state index in [2.05, 4.69) is 66.4 Å². The largest absolute Gasteiger partial charge is 0.359 e. The Morgan fingerprint density at radius 1 is 1.36 bits per heavy atom. The standard InChI is InChI=1S/C19H35N5O/c1-7-15(8-2)17-9-16(25-23-17)10-21-19(20-6)22-18-12-24(13(3)4)11-14(18)5/h9,13-15,18H,7-8,10-12H2,1-6H3,(H2,20,21,22). The van der Waals surface area contributed by atoms with E-state index in [9.17, 15) is 0 Å². The van der Waals surface area contributed by atoms with Crippen molar-refractivity contribution in [1.82, 2.24) is 20.7 Å². The number of hydrogen-bond acceptors (Lipinski definition) is 4. The van der Waals surface area contributed by atoms with Crippen molar-refractivity contribution < 1.29 is 4.52 Å². The van der Waals surface area contributed by atoms with Crippen LogP contribution in [0.5, 0.6) is 0 Å². The summed E-state index contributed by atoms with van der Waals surface area (Å²) in [4.78, 5) is 6.87. The molecule has 25 heavy (non-hydrogen) atoms. The van der Waals surface area contributed by atoms with Crippen LogP contribution in [-0.2, 0) is 6.54 Å². The average Bonchev–Trinajstić information content (AvgIpc) is 3.20. The minimum Gasteiger partial charge on any atom is -0.359 e. The summed E-state index contributed by atoms with van der Waals surface area (Å²) in [5, 5.41) is 11.1. The van der Waals surface area contributed by atoms with Crippen molar-refractivity contribution in [1.29, 1.82) is 0 Å². The van der Waals surface area contributed by atoms with Crippen molar-refractivity contribution in [2.75, 3.05) is 20.1 Å². The third-order valence-electron chi connectivity index (χ3n) is 5.33. The number of aromatic nitrogens is 1. The van der Waals surface area contributed by atoms with Crippen molar-refractivity contribution >= 4 is 5.96 Å². The van der Waals surface area contributed by atoms with Gasteiger partial charge in [-0.2, -0.15) is 0 Å². The number of nitrogens with one attached hydrogen (secondary N) is 2. The maximum atomic E-state index is 5.48. The lowest BCUT2D eigenvalue weighted by Gasteiger charge is -2.21. The summed E-state index contributed by atoms with van der Waals surface area (Å²) in [5.41, 5.74) is 1.06. The van der Waals surface area contributed by atoms with E-state index in [1.807, 2.05) is 7.05 Å². The van der Waals surface area contributed by atoms with Crippen LogP contribution in [-0.4, -0.2) is 48.2 Å². The molecule has 2 atom stereocenters. The highest BCUT2D eigenvalue weighted by molar-refractivity contribution is 5.80. The molecule has 1 aromatic rings. The first kappa shape index (κ1) is 19.8. The number of aliphatic imine (C=N–C) groups is 1. The summed E-state index contributed by atoms with van der Waals surface area (Å²) in [6.07, 6.45) is 2.18. The highest BCUT2D eigenvalue weighted by Crippen LogP contribution is 2.22. The number of guanidine groups is 1. The Morgan fingerprint density at radius 3 is 2.64 bits per heavy atom. The van der Waals surface area contributed by atoms with Crippen LogP contribution < -0.4 is 10.6 Å². The molecule has 0 bridgehead atoms. The van der Waals surface area contributed by atoms with E-state index in [1.54, 1.807) is 0 Å². The fourth-order valence-electron chi connectivity index (χ4n) is 3.47. The van der Waals surface area contributed by atoms with Crippen molar-refractivity contribution in [3.63, 3.8) is 0 Å². The molecule has 1 saturated heterocycles. The van der Waals surface area contributed by atoms with Crippen molar-refractivity contribution in [2.24, 2.45) is 10.9 Å². The van der Waals surface area contributed by atoms with Crippen molar-refractivity contribution in [3.05, 3.63) is 17.5 Å². The van der Waals surface area contributed by atoms with Gasteiger partial charge in [-0.1, -0.05) is 25.9 Å². The summed E-state index contributed by atoms with van der Waals surface area (Å²) >= 11 is 0. The molecule has 1 aliphatic heterocycles. The van der Waals surface area contributed by atoms with Crippen LogP contribution in [0.1, 0.15) is 64.8 Å². The molecule has 0 amide bonds. The molecule has 2 N–H and O–H groups in total. The van der Waals surface area contributed by atoms with Gasteiger partial charge in [0.05, 0.1) is 12.2 Å². The van der Waals surface area contributed by atoms with Crippen LogP contribution >= 0.6 is 0 Å². The van der Waals surface area contributed by atoms with Gasteiger partial charge in [-0.25, -0.2) is 0 Å². The average molecular weight is 350 g/mol. The molecule has 0 saturated carbocycles. The Bertz CT molecular complexity index is 550. The Balaban J connectivity index is 1.87. The highest BCUT2D eigenvalue weighted by Gasteiger charge is 2.31. The number of rotatable bonds is 7. The molecule has 1 fully saturated rings. The van der Waals surface area contributed by atoms with E-state index in [4.69, 9.17) is 4.52 Å². The van der Waals surface area contributed by atoms with Gasteiger partial charge < -0.3 is 15.2 Å². The Morgan fingerprint density at radius 2 is 2.08 bits per heavy atom. The Kier molecular flexibility index (Phi) is 7.29. The lowest BCUT2D eigenvalue weighted by Crippen LogP contribution is -2.46. The number of hydrogen-bond donors (Lipinski definition) is 2. The molecule has 142 valence electrons. The first-order chi connectivity index (χ1) is 12.0. The van der Waals surface area contributed by atoms with Crippen LogP contribution in [0.25, 0.3) is 0 Å². The molecule has 1 aromatic heterocycles. The van der Waals surface area contributed by atoms with Crippen LogP contribution in [0.4, 0.5) is 0 Å². The predicted octanol–water partition coefficient (Wildman–Crippen LogP) is 2.97. The summed E-state index contributed by atoms with van der Waals surface area (Å²) in [5.74, 6) is 2.76. The molecule has 6 nitrogen and oxygen atoms in total. The van der Waals surface area contributed by atoms with E-state index < -0.39 is 0 Å². The van der Waals surface area contributed by atoms with Gasteiger partial charge in [-0.05, 0) is 32.6 Å². The third-order valence-corrected chi connectivity index (χ3v) is 5.33. The minimum absolute atomic E-state index is 0.420. The van der Waals surface area contributed by atoms with Crippen LogP contribution in [0, 0.1) is 5.92 Å². The van der Waals surface area contributed by atoms with Crippen LogP contribution in [0.2, 0.25) is 0 Å². The summed E-state index contributed by atoms with van der Waals surface area (Å²) in [7, 11) is 1.81. The zero-order chi connectivity index (χ0) is 18.4. The van der Waals surface area contributed by atoms with Gasteiger partial charge in [-0.15, -0.1) is 0 Å². The molecule has 0 aliphatic carbocycles. The highest BCUT2D eigenvalue weighted by atomic mass is 16.5. The molecule has 0 spiro atoms. The molecule has 2 heterocycles. The van der Waals surface area contributed by atoms with Crippen molar-refractivity contribution in [3.8, 4) is 0 Å². The van der Waals surface area contributed by atoms with E-state index in [-0.39, 0.29) is 0 Å². The minimum atomic E-state index is 0.420. The second kappa shape index (κ2) is 9.22. The predicted molar refractivity (Wildman–Crippen MR) is 103 cm³/mol. The first-order valence-electron chi connectivity index (χ1n) is 9.65. The molecular formula is C19H35N5O. The SMILES string of the molecule is CCC(CC)c1cc(CNC(=NC)NC2CN(C(C)C)CC2C)on1. The van der Waals surface area contributed by atoms with E-state index in [1.165, 1.54) is 0 Å². The van der Waals surface area contributed by atoms with E-state index in [0.717, 1.165) is 43.3 Å². The Labute approximate surface area is 152 Å². The van der Waals surface area contributed by atoms with E-state index in [0.29, 0.717) is 30.5 Å². The molecule has 2 unspecified atom stereocenters. The second-order valence-corrected chi connectivity index (χ2v) is 7.43. The molecule has 1 aliphatic rings. The molecule has 0 radical (unpaired) electrons. The summed E-state index contributed by atoms with van der Waals surface area (Å²) < 4.78 is 5.48. The van der Waals surface area contributed by atoms with Gasteiger partial charge in [0.1, 0.15) is 0 Å². The number of likely N-dealkylation sites (tertiary alicyclic amines) is 1. The summed E-state index contributed by atoms with van der Waals surface area (Å²) in [6.45, 7) is 14.0. The molecule has 2 rings (SSSR count). The lowest BCUT2D eigenvalue weighted by atomic mass is 9.99. The van der Waals surface area contributed by atoms with Gasteiger partial charge in [-0.3, -0.25) is 9.89 Å². The fourth-order valence-corrected chi connectivity index (χ4v) is 3.47. The normalized spacial score (nSPS) is 22.2.